The van der Waals surface area contributed by atoms with E-state index in [2.05, 4.69) is 10.6 Å². The van der Waals surface area contributed by atoms with Crippen molar-refractivity contribution in [2.75, 3.05) is 45.2 Å². The Bertz CT molecular complexity index is 635. The Morgan fingerprint density at radius 3 is 2.46 bits per heavy atom. The second-order valence-corrected chi connectivity index (χ2v) is 7.00. The molecule has 0 spiro atoms. The van der Waals surface area contributed by atoms with Crippen LogP contribution in [-0.2, 0) is 9.53 Å². The number of hydrogen-bond donors (Lipinski definition) is 2. The third kappa shape index (κ3) is 4.55. The van der Waals surface area contributed by atoms with Crippen LogP contribution < -0.4 is 10.6 Å². The number of nitrogens with one attached hydrogen (secondary N) is 2. The Balaban J connectivity index is 2.15. The van der Waals surface area contributed by atoms with Crippen LogP contribution in [0.1, 0.15) is 37.0 Å². The lowest BCUT2D eigenvalue weighted by atomic mass is 9.78. The molecule has 1 saturated heterocycles. The van der Waals surface area contributed by atoms with E-state index in [1.54, 1.807) is 30.2 Å². The molecule has 2 amide bonds. The van der Waals surface area contributed by atoms with Gasteiger partial charge in [0, 0.05) is 25.9 Å². The highest BCUT2D eigenvalue weighted by Crippen LogP contribution is 2.31. The monoisotopic (exact) mass is 381 g/mol. The van der Waals surface area contributed by atoms with Crippen LogP contribution in [0.25, 0.3) is 0 Å². The van der Waals surface area contributed by atoms with Crippen molar-refractivity contribution in [2.24, 2.45) is 5.41 Å². The summed E-state index contributed by atoms with van der Waals surface area (Å²) < 4.78 is 5.30. The number of hydrogen-bond acceptors (Lipinski definition) is 4. The molecule has 1 aromatic carbocycles. The van der Waals surface area contributed by atoms with E-state index in [0.717, 1.165) is 25.9 Å². The van der Waals surface area contributed by atoms with Crippen LogP contribution >= 0.6 is 11.6 Å². The van der Waals surface area contributed by atoms with Gasteiger partial charge in [0.15, 0.2) is 0 Å². The number of ether oxygens (including phenoxy) is 1. The fourth-order valence-electron chi connectivity index (χ4n) is 3.33. The summed E-state index contributed by atoms with van der Waals surface area (Å²) in [6.07, 6.45) is 1.44. The molecule has 6 nitrogen and oxygen atoms in total. The molecule has 1 aliphatic heterocycles. The zero-order chi connectivity index (χ0) is 19.2. The van der Waals surface area contributed by atoms with E-state index < -0.39 is 5.41 Å². The molecule has 1 heterocycles. The van der Waals surface area contributed by atoms with Crippen molar-refractivity contribution in [3.05, 3.63) is 28.8 Å². The normalized spacial score (nSPS) is 16.2. The molecule has 2 N–H and O–H groups in total. The minimum Gasteiger partial charge on any atom is -0.384 e. The summed E-state index contributed by atoms with van der Waals surface area (Å²) in [5.41, 5.74) is 0.495. The molecular formula is C19H28ClN3O3. The Labute approximate surface area is 160 Å². The van der Waals surface area contributed by atoms with Gasteiger partial charge < -0.3 is 20.3 Å². The molecule has 0 saturated carbocycles. The highest BCUT2D eigenvalue weighted by Gasteiger charge is 2.39. The fraction of sp³-hybridized carbons (Fsp3) is 0.579. The average molecular weight is 382 g/mol. The molecule has 0 radical (unpaired) electrons. The Hall–Kier alpha value is -1.63. The smallest absolute Gasteiger partial charge is 0.255 e. The van der Waals surface area contributed by atoms with Gasteiger partial charge in [0.1, 0.15) is 0 Å². The first-order chi connectivity index (χ1) is 12.5. The van der Waals surface area contributed by atoms with Gasteiger partial charge in [-0.25, -0.2) is 0 Å². The summed E-state index contributed by atoms with van der Waals surface area (Å²) in [6, 6.07) is 5.03. The minimum atomic E-state index is -0.539. The van der Waals surface area contributed by atoms with Gasteiger partial charge in [-0.2, -0.15) is 0 Å². The van der Waals surface area contributed by atoms with E-state index in [1.807, 2.05) is 13.8 Å². The van der Waals surface area contributed by atoms with Crippen LogP contribution in [0.15, 0.2) is 18.2 Å². The lowest BCUT2D eigenvalue weighted by Crippen LogP contribution is -2.47. The summed E-state index contributed by atoms with van der Waals surface area (Å²) >= 11 is 6.31. The summed E-state index contributed by atoms with van der Waals surface area (Å²) in [6.45, 7) is 7.06. The molecule has 26 heavy (non-hydrogen) atoms. The van der Waals surface area contributed by atoms with Crippen LogP contribution in [0.2, 0.25) is 5.02 Å². The molecule has 1 aliphatic rings. The number of rotatable bonds is 7. The molecule has 0 aromatic heterocycles. The molecular weight excluding hydrogens is 354 g/mol. The van der Waals surface area contributed by atoms with E-state index in [1.165, 1.54) is 0 Å². The molecule has 0 bridgehead atoms. The first-order valence-electron chi connectivity index (χ1n) is 9.07. The Morgan fingerprint density at radius 2 is 1.92 bits per heavy atom. The minimum absolute atomic E-state index is 0.0697. The van der Waals surface area contributed by atoms with Crippen molar-refractivity contribution < 1.29 is 14.3 Å². The Kier molecular flexibility index (Phi) is 7.43. The van der Waals surface area contributed by atoms with Crippen molar-refractivity contribution in [2.45, 2.75) is 26.7 Å². The maximum atomic E-state index is 12.9. The molecule has 7 heteroatoms. The molecule has 1 aromatic rings. The van der Waals surface area contributed by atoms with Crippen molar-refractivity contribution in [3.8, 4) is 0 Å². The van der Waals surface area contributed by atoms with E-state index in [9.17, 15) is 9.59 Å². The highest BCUT2D eigenvalue weighted by molar-refractivity contribution is 6.34. The highest BCUT2D eigenvalue weighted by atomic mass is 35.5. The van der Waals surface area contributed by atoms with Crippen molar-refractivity contribution in [1.29, 1.82) is 0 Å². The number of anilines is 1. The number of piperidine rings is 1. The maximum Gasteiger partial charge on any atom is 0.255 e. The zero-order valence-corrected chi connectivity index (χ0v) is 16.5. The van der Waals surface area contributed by atoms with E-state index >= 15 is 0 Å². The quantitative estimate of drug-likeness (QED) is 0.761. The van der Waals surface area contributed by atoms with Crippen LogP contribution in [-0.4, -0.2) is 56.6 Å². The SMILES string of the molecule is CCN(CC)C(=O)c1ccc(NC(=O)C2(COC)CCNCC2)cc1Cl. The predicted molar refractivity (Wildman–Crippen MR) is 104 cm³/mol. The van der Waals surface area contributed by atoms with Crippen molar-refractivity contribution in [1.82, 2.24) is 10.2 Å². The van der Waals surface area contributed by atoms with Crippen LogP contribution in [0.3, 0.4) is 0 Å². The number of amides is 2. The van der Waals surface area contributed by atoms with Crippen LogP contribution in [0, 0.1) is 5.41 Å². The lowest BCUT2D eigenvalue weighted by molar-refractivity contribution is -0.130. The summed E-state index contributed by atoms with van der Waals surface area (Å²) in [5, 5.41) is 6.55. The molecule has 1 fully saturated rings. The third-order valence-corrected chi connectivity index (χ3v) is 5.28. The van der Waals surface area contributed by atoms with Gasteiger partial charge >= 0.3 is 0 Å². The topological polar surface area (TPSA) is 70.7 Å². The first-order valence-corrected chi connectivity index (χ1v) is 9.45. The zero-order valence-electron chi connectivity index (χ0n) is 15.7. The fourth-order valence-corrected chi connectivity index (χ4v) is 3.59. The molecule has 144 valence electrons. The number of carbonyl (C=O) groups is 2. The Morgan fingerprint density at radius 1 is 1.27 bits per heavy atom. The second-order valence-electron chi connectivity index (χ2n) is 6.59. The summed E-state index contributed by atoms with van der Waals surface area (Å²) in [7, 11) is 1.61. The lowest BCUT2D eigenvalue weighted by Gasteiger charge is -2.35. The number of methoxy groups -OCH3 is 1. The van der Waals surface area contributed by atoms with Crippen LogP contribution in [0.4, 0.5) is 5.69 Å². The number of benzene rings is 1. The van der Waals surface area contributed by atoms with Gasteiger partial charge in [-0.1, -0.05) is 11.6 Å². The number of halogens is 1. The van der Waals surface area contributed by atoms with Gasteiger partial charge in [-0.05, 0) is 58.0 Å². The summed E-state index contributed by atoms with van der Waals surface area (Å²) in [5.74, 6) is -0.174. The van der Waals surface area contributed by atoms with Gasteiger partial charge in [-0.3, -0.25) is 9.59 Å². The van der Waals surface area contributed by atoms with Gasteiger partial charge in [0.2, 0.25) is 5.91 Å². The van der Waals surface area contributed by atoms with E-state index in [0.29, 0.717) is 36.0 Å². The van der Waals surface area contributed by atoms with Crippen molar-refractivity contribution in [3.63, 3.8) is 0 Å². The molecule has 0 aliphatic carbocycles. The average Bonchev–Trinajstić information content (AvgIpc) is 2.63. The van der Waals surface area contributed by atoms with E-state index in [4.69, 9.17) is 16.3 Å². The maximum absolute atomic E-state index is 12.9. The van der Waals surface area contributed by atoms with Gasteiger partial charge in [0.25, 0.3) is 5.91 Å². The molecule has 0 unspecified atom stereocenters. The van der Waals surface area contributed by atoms with Gasteiger partial charge in [0.05, 0.1) is 22.6 Å². The predicted octanol–water partition coefficient (Wildman–Crippen LogP) is 2.78. The molecule has 0 atom stereocenters. The molecule has 2 rings (SSSR count). The first kappa shape index (κ1) is 20.7. The standard InChI is InChI=1S/C19H28ClN3O3/c1-4-23(5-2)17(24)15-7-6-14(12-16(15)20)22-18(25)19(13-26-3)8-10-21-11-9-19/h6-7,12,21H,4-5,8-11,13H2,1-3H3,(H,22,25). The van der Waals surface area contributed by atoms with Crippen LogP contribution in [0.5, 0.6) is 0 Å². The number of carbonyl (C=O) groups excluding carboxylic acids is 2. The van der Waals surface area contributed by atoms with Crippen molar-refractivity contribution >= 4 is 29.1 Å². The second kappa shape index (κ2) is 9.35. The van der Waals surface area contributed by atoms with E-state index in [-0.39, 0.29) is 11.8 Å². The largest absolute Gasteiger partial charge is 0.384 e. The number of nitrogens with zero attached hydrogens (tertiary/aromatic N) is 1. The third-order valence-electron chi connectivity index (χ3n) is 4.97. The van der Waals surface area contributed by atoms with Gasteiger partial charge in [-0.15, -0.1) is 0 Å². The summed E-state index contributed by atoms with van der Waals surface area (Å²) in [4.78, 5) is 27.1.